The first-order valence-corrected chi connectivity index (χ1v) is 5.62. The lowest BCUT2D eigenvalue weighted by atomic mass is 10.1. The maximum absolute atomic E-state index is 5.94. The average molecular weight is 239 g/mol. The van der Waals surface area contributed by atoms with Gasteiger partial charge in [0.1, 0.15) is 0 Å². The van der Waals surface area contributed by atoms with Crippen molar-refractivity contribution < 1.29 is 0 Å². The molecule has 0 aliphatic rings. The molecule has 1 aromatic carbocycles. The van der Waals surface area contributed by atoms with Crippen LogP contribution in [0.15, 0.2) is 43.0 Å². The van der Waals surface area contributed by atoms with E-state index in [1.165, 1.54) is 0 Å². The summed E-state index contributed by atoms with van der Waals surface area (Å²) in [6.45, 7) is 0. The van der Waals surface area contributed by atoms with Gasteiger partial charge in [0.2, 0.25) is 0 Å². The molecule has 0 saturated heterocycles. The smallest absolute Gasteiger partial charge is 0.0770 e. The number of rotatable bonds is 2. The SMILES string of the molecule is Cn1cc(Nc2ccc(N)c3cnccc23)cn1. The van der Waals surface area contributed by atoms with Crippen molar-refractivity contribution in [2.75, 3.05) is 11.1 Å². The first-order valence-electron chi connectivity index (χ1n) is 5.62. The van der Waals surface area contributed by atoms with Gasteiger partial charge in [-0.3, -0.25) is 9.67 Å². The normalized spacial score (nSPS) is 10.7. The van der Waals surface area contributed by atoms with E-state index < -0.39 is 0 Å². The van der Waals surface area contributed by atoms with Crippen LogP contribution in [-0.4, -0.2) is 14.8 Å². The Morgan fingerprint density at radius 3 is 2.83 bits per heavy atom. The molecule has 3 aromatic rings. The summed E-state index contributed by atoms with van der Waals surface area (Å²) in [7, 11) is 1.89. The Morgan fingerprint density at radius 2 is 2.06 bits per heavy atom. The highest BCUT2D eigenvalue weighted by atomic mass is 15.3. The van der Waals surface area contributed by atoms with E-state index in [0.717, 1.165) is 27.8 Å². The first-order chi connectivity index (χ1) is 8.74. The standard InChI is InChI=1S/C13H13N5/c1-18-8-9(6-16-18)17-13-3-2-12(14)11-7-15-5-4-10(11)13/h2-8,17H,14H2,1H3. The molecule has 18 heavy (non-hydrogen) atoms. The summed E-state index contributed by atoms with van der Waals surface area (Å²) in [6, 6.07) is 5.79. The second-order valence-corrected chi connectivity index (χ2v) is 4.15. The summed E-state index contributed by atoms with van der Waals surface area (Å²) in [6.07, 6.45) is 7.24. The number of benzene rings is 1. The summed E-state index contributed by atoms with van der Waals surface area (Å²) >= 11 is 0. The number of nitrogens with one attached hydrogen (secondary N) is 1. The zero-order valence-corrected chi connectivity index (χ0v) is 9.96. The molecule has 90 valence electrons. The van der Waals surface area contributed by atoms with Gasteiger partial charge in [-0.25, -0.2) is 0 Å². The Morgan fingerprint density at radius 1 is 1.17 bits per heavy atom. The lowest BCUT2D eigenvalue weighted by Crippen LogP contribution is -1.94. The number of aryl methyl sites for hydroxylation is 1. The zero-order chi connectivity index (χ0) is 12.5. The molecule has 0 radical (unpaired) electrons. The van der Waals surface area contributed by atoms with Crippen molar-refractivity contribution >= 4 is 27.8 Å². The van der Waals surface area contributed by atoms with Gasteiger partial charge in [-0.1, -0.05) is 0 Å². The van der Waals surface area contributed by atoms with Gasteiger partial charge in [0.15, 0.2) is 0 Å². The van der Waals surface area contributed by atoms with E-state index in [0.29, 0.717) is 0 Å². The molecule has 5 heteroatoms. The number of hydrogen-bond acceptors (Lipinski definition) is 4. The van der Waals surface area contributed by atoms with E-state index in [2.05, 4.69) is 15.4 Å². The molecule has 0 fully saturated rings. The third kappa shape index (κ3) is 1.75. The number of nitrogen functional groups attached to an aromatic ring is 1. The predicted molar refractivity (Wildman–Crippen MR) is 72.6 cm³/mol. The van der Waals surface area contributed by atoms with E-state index in [1.807, 2.05) is 31.4 Å². The number of aromatic nitrogens is 3. The Balaban J connectivity index is 2.09. The minimum atomic E-state index is 0.731. The van der Waals surface area contributed by atoms with Crippen molar-refractivity contribution in [3.05, 3.63) is 43.0 Å². The van der Waals surface area contributed by atoms with Crippen LogP contribution in [0.5, 0.6) is 0 Å². The molecule has 0 amide bonds. The van der Waals surface area contributed by atoms with E-state index >= 15 is 0 Å². The van der Waals surface area contributed by atoms with Crippen molar-refractivity contribution in [1.29, 1.82) is 0 Å². The molecule has 2 heterocycles. The number of pyridine rings is 1. The van der Waals surface area contributed by atoms with Crippen LogP contribution < -0.4 is 11.1 Å². The number of hydrogen-bond donors (Lipinski definition) is 2. The number of anilines is 3. The zero-order valence-electron chi connectivity index (χ0n) is 9.96. The lowest BCUT2D eigenvalue weighted by Gasteiger charge is -2.09. The number of fused-ring (bicyclic) bond motifs is 1. The second kappa shape index (κ2) is 4.03. The van der Waals surface area contributed by atoms with Crippen LogP contribution in [0.1, 0.15) is 0 Å². The van der Waals surface area contributed by atoms with Crippen molar-refractivity contribution in [2.24, 2.45) is 7.05 Å². The first kappa shape index (κ1) is 10.6. The molecule has 2 aromatic heterocycles. The summed E-state index contributed by atoms with van der Waals surface area (Å²) < 4.78 is 1.75. The maximum Gasteiger partial charge on any atom is 0.0770 e. The minimum Gasteiger partial charge on any atom is -0.398 e. The van der Waals surface area contributed by atoms with Crippen LogP contribution >= 0.6 is 0 Å². The minimum absolute atomic E-state index is 0.731. The predicted octanol–water partition coefficient (Wildman–Crippen LogP) is 2.29. The van der Waals surface area contributed by atoms with Gasteiger partial charge < -0.3 is 11.1 Å². The summed E-state index contributed by atoms with van der Waals surface area (Å²) in [4.78, 5) is 4.10. The average Bonchev–Trinajstić information content (AvgIpc) is 2.79. The molecule has 3 rings (SSSR count). The second-order valence-electron chi connectivity index (χ2n) is 4.15. The van der Waals surface area contributed by atoms with Gasteiger partial charge in [-0.2, -0.15) is 5.10 Å². The van der Waals surface area contributed by atoms with Crippen molar-refractivity contribution in [3.8, 4) is 0 Å². The fourth-order valence-electron chi connectivity index (χ4n) is 1.96. The Hall–Kier alpha value is -2.56. The number of nitrogens with two attached hydrogens (primary N) is 1. The van der Waals surface area contributed by atoms with Crippen molar-refractivity contribution in [2.45, 2.75) is 0 Å². The third-order valence-electron chi connectivity index (χ3n) is 2.84. The molecular formula is C13H13N5. The maximum atomic E-state index is 5.94. The highest BCUT2D eigenvalue weighted by Crippen LogP contribution is 2.29. The molecular weight excluding hydrogens is 226 g/mol. The summed E-state index contributed by atoms with van der Waals surface area (Å²) in [5, 5.41) is 9.46. The molecule has 0 unspecified atom stereocenters. The monoisotopic (exact) mass is 239 g/mol. The van der Waals surface area contributed by atoms with Gasteiger partial charge in [0.05, 0.1) is 11.9 Å². The molecule has 3 N–H and O–H groups in total. The quantitative estimate of drug-likeness (QED) is 0.673. The molecule has 0 spiro atoms. The summed E-state index contributed by atoms with van der Waals surface area (Å²) in [5.74, 6) is 0. The van der Waals surface area contributed by atoms with Crippen LogP contribution in [-0.2, 0) is 7.05 Å². The topological polar surface area (TPSA) is 68.8 Å². The van der Waals surface area contributed by atoms with Crippen LogP contribution in [0.2, 0.25) is 0 Å². The molecule has 0 bridgehead atoms. The molecule has 0 aliphatic carbocycles. The fourth-order valence-corrected chi connectivity index (χ4v) is 1.96. The number of nitrogens with zero attached hydrogens (tertiary/aromatic N) is 3. The lowest BCUT2D eigenvalue weighted by molar-refractivity contribution is 0.768. The summed E-state index contributed by atoms with van der Waals surface area (Å²) in [5.41, 5.74) is 8.61. The Kier molecular flexibility index (Phi) is 2.37. The van der Waals surface area contributed by atoms with Gasteiger partial charge >= 0.3 is 0 Å². The third-order valence-corrected chi connectivity index (χ3v) is 2.84. The van der Waals surface area contributed by atoms with Gasteiger partial charge in [0, 0.05) is 47.8 Å². The van der Waals surface area contributed by atoms with Crippen LogP contribution in [0, 0.1) is 0 Å². The Bertz CT molecular complexity index is 701. The largest absolute Gasteiger partial charge is 0.398 e. The molecule has 0 saturated carbocycles. The van der Waals surface area contributed by atoms with Crippen LogP contribution in [0.25, 0.3) is 10.8 Å². The van der Waals surface area contributed by atoms with E-state index in [-0.39, 0.29) is 0 Å². The van der Waals surface area contributed by atoms with Gasteiger partial charge in [-0.05, 0) is 18.2 Å². The highest BCUT2D eigenvalue weighted by Gasteiger charge is 2.05. The highest BCUT2D eigenvalue weighted by molar-refractivity contribution is 6.01. The van der Waals surface area contributed by atoms with Crippen molar-refractivity contribution in [3.63, 3.8) is 0 Å². The van der Waals surface area contributed by atoms with Crippen LogP contribution in [0.4, 0.5) is 17.1 Å². The van der Waals surface area contributed by atoms with E-state index in [4.69, 9.17) is 5.73 Å². The molecule has 0 atom stereocenters. The van der Waals surface area contributed by atoms with Gasteiger partial charge in [0.25, 0.3) is 0 Å². The van der Waals surface area contributed by atoms with Crippen LogP contribution in [0.3, 0.4) is 0 Å². The van der Waals surface area contributed by atoms with Crippen molar-refractivity contribution in [1.82, 2.24) is 14.8 Å². The Labute approximate surface area is 104 Å². The molecule has 0 aliphatic heterocycles. The van der Waals surface area contributed by atoms with Gasteiger partial charge in [-0.15, -0.1) is 0 Å². The fraction of sp³-hybridized carbons (Fsp3) is 0.0769. The molecule has 5 nitrogen and oxygen atoms in total. The van der Waals surface area contributed by atoms with E-state index in [9.17, 15) is 0 Å². The van der Waals surface area contributed by atoms with E-state index in [1.54, 1.807) is 23.3 Å².